The van der Waals surface area contributed by atoms with Gasteiger partial charge in [0.05, 0.1) is 16.6 Å². The van der Waals surface area contributed by atoms with E-state index in [-0.39, 0.29) is 23.6 Å². The van der Waals surface area contributed by atoms with Crippen LogP contribution in [-0.4, -0.2) is 33.4 Å². The molecule has 1 aromatic carbocycles. The van der Waals surface area contributed by atoms with Gasteiger partial charge in [0.25, 0.3) is 5.91 Å². The summed E-state index contributed by atoms with van der Waals surface area (Å²) in [6.07, 6.45) is -4.19. The maximum absolute atomic E-state index is 13.3. The van der Waals surface area contributed by atoms with E-state index in [1.807, 2.05) is 6.92 Å². The van der Waals surface area contributed by atoms with Gasteiger partial charge in [0.1, 0.15) is 11.1 Å². The monoisotopic (exact) mass is 463 g/mol. The number of amides is 1. The van der Waals surface area contributed by atoms with E-state index < -0.39 is 22.9 Å². The first-order valence-electron chi connectivity index (χ1n) is 9.39. The Bertz CT molecular complexity index is 1390. The van der Waals surface area contributed by atoms with Crippen LogP contribution in [0.3, 0.4) is 0 Å². The fourth-order valence-corrected chi connectivity index (χ4v) is 3.61. The van der Waals surface area contributed by atoms with Gasteiger partial charge in [-0.25, -0.2) is 9.97 Å². The van der Waals surface area contributed by atoms with E-state index in [0.29, 0.717) is 40.3 Å². The second-order valence-electron chi connectivity index (χ2n) is 7.17. The van der Waals surface area contributed by atoms with Crippen molar-refractivity contribution in [2.75, 3.05) is 11.9 Å². The summed E-state index contributed by atoms with van der Waals surface area (Å²) >= 11 is 5.64. The lowest BCUT2D eigenvalue weighted by molar-refractivity contribution is -0.139. The highest BCUT2D eigenvalue weighted by Crippen LogP contribution is 2.39. The van der Waals surface area contributed by atoms with Crippen LogP contribution in [0, 0.1) is 0 Å². The second-order valence-corrected chi connectivity index (χ2v) is 7.51. The van der Waals surface area contributed by atoms with E-state index in [4.69, 9.17) is 20.8 Å². The molecule has 1 atom stereocenters. The average Bonchev–Trinajstić information content (AvgIpc) is 3.04. The summed E-state index contributed by atoms with van der Waals surface area (Å²) in [5.41, 5.74) is 0.248. The molecule has 1 amide bonds. The van der Waals surface area contributed by atoms with Gasteiger partial charge in [-0.15, -0.1) is 0 Å². The number of carbonyl (C=O) groups excluding carboxylic acids is 1. The number of fused-ring (bicyclic) bond motifs is 5. The number of aromatic nitrogens is 3. The van der Waals surface area contributed by atoms with Gasteiger partial charge >= 0.3 is 6.18 Å². The Morgan fingerprint density at radius 3 is 2.81 bits per heavy atom. The Balaban J connectivity index is 1.60. The van der Waals surface area contributed by atoms with E-state index in [9.17, 15) is 18.0 Å². The predicted octanol–water partition coefficient (Wildman–Crippen LogP) is 4.78. The molecule has 0 fully saturated rings. The molecule has 3 aromatic heterocycles. The molecule has 32 heavy (non-hydrogen) atoms. The summed E-state index contributed by atoms with van der Waals surface area (Å²) in [5.74, 6) is -1.06. The van der Waals surface area contributed by atoms with E-state index >= 15 is 0 Å². The topological polar surface area (TPSA) is 102 Å². The zero-order valence-electron chi connectivity index (χ0n) is 16.2. The number of pyridine rings is 1. The molecule has 0 aliphatic carbocycles. The van der Waals surface area contributed by atoms with Crippen molar-refractivity contribution < 1.29 is 27.1 Å². The standard InChI is InChI=1S/C20H13ClF3N5O3/c1-8-6-25-15-14-9-2-5-13(32-18-10(20(22,23)24)7-26-19(21)29-18)28-11(9)3-4-12(14)31-16(15)17(30)27-8/h2-5,7-8,25H,6H2,1H3,(H,27,30). The zero-order valence-corrected chi connectivity index (χ0v) is 17.0. The van der Waals surface area contributed by atoms with Gasteiger partial charge in [-0.1, -0.05) is 0 Å². The minimum absolute atomic E-state index is 0.101. The molecule has 2 N–H and O–H groups in total. The number of rotatable bonds is 2. The van der Waals surface area contributed by atoms with Crippen LogP contribution >= 0.6 is 11.6 Å². The van der Waals surface area contributed by atoms with Crippen molar-refractivity contribution in [1.29, 1.82) is 0 Å². The van der Waals surface area contributed by atoms with E-state index in [0.717, 1.165) is 0 Å². The van der Waals surface area contributed by atoms with Crippen LogP contribution < -0.4 is 15.4 Å². The van der Waals surface area contributed by atoms with Gasteiger partial charge in [0, 0.05) is 30.2 Å². The van der Waals surface area contributed by atoms with E-state index in [1.54, 1.807) is 18.2 Å². The molecule has 0 spiro atoms. The summed E-state index contributed by atoms with van der Waals surface area (Å²) in [6, 6.07) is 6.17. The number of carbonyl (C=O) groups is 1. The fraction of sp³-hybridized carbons (Fsp3) is 0.200. The molecule has 0 saturated carbocycles. The third-order valence-electron chi connectivity index (χ3n) is 4.90. The van der Waals surface area contributed by atoms with Gasteiger partial charge in [0.2, 0.25) is 22.8 Å². The predicted molar refractivity (Wildman–Crippen MR) is 109 cm³/mol. The molecule has 1 aliphatic heterocycles. The van der Waals surface area contributed by atoms with Crippen molar-refractivity contribution in [3.63, 3.8) is 0 Å². The van der Waals surface area contributed by atoms with Crippen LogP contribution in [0.5, 0.6) is 11.8 Å². The Hall–Kier alpha value is -3.60. The van der Waals surface area contributed by atoms with Crippen molar-refractivity contribution in [2.24, 2.45) is 0 Å². The average molecular weight is 464 g/mol. The van der Waals surface area contributed by atoms with E-state index in [2.05, 4.69) is 25.6 Å². The highest BCUT2D eigenvalue weighted by atomic mass is 35.5. The van der Waals surface area contributed by atoms with E-state index in [1.165, 1.54) is 6.07 Å². The van der Waals surface area contributed by atoms with Gasteiger partial charge in [-0.3, -0.25) is 4.79 Å². The minimum Gasteiger partial charge on any atom is -0.449 e. The molecular formula is C20H13ClF3N5O3. The summed E-state index contributed by atoms with van der Waals surface area (Å²) in [5, 5.41) is 6.91. The number of benzene rings is 1. The van der Waals surface area contributed by atoms with Crippen molar-refractivity contribution in [3.05, 3.63) is 47.1 Å². The maximum atomic E-state index is 13.3. The van der Waals surface area contributed by atoms with Crippen LogP contribution in [0.4, 0.5) is 18.9 Å². The molecule has 4 aromatic rings. The molecule has 5 rings (SSSR count). The van der Waals surface area contributed by atoms with Gasteiger partial charge in [0.15, 0.2) is 0 Å². The quantitative estimate of drug-likeness (QED) is 0.412. The highest BCUT2D eigenvalue weighted by Gasteiger charge is 2.36. The summed E-state index contributed by atoms with van der Waals surface area (Å²) in [7, 11) is 0. The number of nitrogens with zero attached hydrogens (tertiary/aromatic N) is 3. The summed E-state index contributed by atoms with van der Waals surface area (Å²) < 4.78 is 50.8. The number of furan rings is 1. The lowest BCUT2D eigenvalue weighted by atomic mass is 10.1. The lowest BCUT2D eigenvalue weighted by Crippen LogP contribution is -2.34. The SMILES string of the molecule is CC1CNc2c(oc3ccc4nc(Oc5nc(Cl)ncc5C(F)(F)F)ccc4c23)C(=O)N1. The number of alkyl halides is 3. The largest absolute Gasteiger partial charge is 0.449 e. The van der Waals surface area contributed by atoms with Crippen LogP contribution in [0.15, 0.2) is 34.9 Å². The first-order valence-corrected chi connectivity index (χ1v) is 9.77. The van der Waals surface area contributed by atoms with Gasteiger partial charge < -0.3 is 19.8 Å². The number of anilines is 1. The number of halogens is 4. The van der Waals surface area contributed by atoms with Crippen molar-refractivity contribution in [3.8, 4) is 11.8 Å². The molecule has 1 unspecified atom stereocenters. The minimum atomic E-state index is -4.74. The van der Waals surface area contributed by atoms with Gasteiger partial charge in [-0.2, -0.15) is 18.2 Å². The fourth-order valence-electron chi connectivity index (χ4n) is 3.48. The summed E-state index contributed by atoms with van der Waals surface area (Å²) in [6.45, 7) is 2.35. The van der Waals surface area contributed by atoms with Crippen molar-refractivity contribution >= 4 is 45.1 Å². The van der Waals surface area contributed by atoms with Crippen molar-refractivity contribution in [2.45, 2.75) is 19.1 Å². The third kappa shape index (κ3) is 3.44. The molecule has 1 aliphatic rings. The third-order valence-corrected chi connectivity index (χ3v) is 5.08. The number of hydrogen-bond acceptors (Lipinski definition) is 7. The van der Waals surface area contributed by atoms with Crippen LogP contribution in [0.25, 0.3) is 21.9 Å². The molecule has 8 nitrogen and oxygen atoms in total. The molecule has 4 heterocycles. The maximum Gasteiger partial charge on any atom is 0.423 e. The van der Waals surface area contributed by atoms with Crippen LogP contribution in [0.2, 0.25) is 5.28 Å². The molecular weight excluding hydrogens is 451 g/mol. The van der Waals surface area contributed by atoms with Crippen LogP contribution in [-0.2, 0) is 6.18 Å². The summed E-state index contributed by atoms with van der Waals surface area (Å²) in [4.78, 5) is 23.6. The first kappa shape index (κ1) is 20.3. The molecule has 0 radical (unpaired) electrons. The molecule has 0 bridgehead atoms. The highest BCUT2D eigenvalue weighted by molar-refractivity contribution is 6.28. The Morgan fingerprint density at radius 2 is 2.03 bits per heavy atom. The second kappa shape index (κ2) is 7.23. The van der Waals surface area contributed by atoms with Crippen molar-refractivity contribution in [1.82, 2.24) is 20.3 Å². The molecule has 164 valence electrons. The van der Waals surface area contributed by atoms with Gasteiger partial charge in [-0.05, 0) is 36.7 Å². The zero-order chi connectivity index (χ0) is 22.6. The Labute approximate surface area is 182 Å². The smallest absolute Gasteiger partial charge is 0.423 e. The first-order chi connectivity index (χ1) is 15.2. The number of ether oxygens (including phenoxy) is 1. The Morgan fingerprint density at radius 1 is 1.22 bits per heavy atom. The Kier molecular flexibility index (Phi) is 4.59. The van der Waals surface area contributed by atoms with Crippen LogP contribution in [0.1, 0.15) is 23.0 Å². The molecule has 0 saturated heterocycles. The number of nitrogens with one attached hydrogen (secondary N) is 2. The lowest BCUT2D eigenvalue weighted by Gasteiger charge is -2.12. The molecule has 12 heteroatoms. The number of hydrogen-bond donors (Lipinski definition) is 2. The normalized spacial score (nSPS) is 16.4.